The van der Waals surface area contributed by atoms with Crippen LogP contribution in [0.5, 0.6) is 0 Å². The van der Waals surface area contributed by atoms with Gasteiger partial charge in [0.2, 0.25) is 5.91 Å². The summed E-state index contributed by atoms with van der Waals surface area (Å²) in [5.41, 5.74) is 6.66. The van der Waals surface area contributed by atoms with Crippen LogP contribution < -0.4 is 5.73 Å². The molecular formula is C21H19N3O4. The van der Waals surface area contributed by atoms with Gasteiger partial charge in [-0.1, -0.05) is 43.0 Å². The van der Waals surface area contributed by atoms with Crippen molar-refractivity contribution in [2.75, 3.05) is 18.9 Å². The second-order valence-corrected chi connectivity index (χ2v) is 6.58. The van der Waals surface area contributed by atoms with Gasteiger partial charge in [0.25, 0.3) is 6.01 Å². The minimum Gasteiger partial charge on any atom is -0.458 e. The molecule has 7 nitrogen and oxygen atoms in total. The molecule has 0 unspecified atom stereocenters. The molecular weight excluding hydrogens is 358 g/mol. The van der Waals surface area contributed by atoms with Crippen molar-refractivity contribution in [3.63, 3.8) is 0 Å². The molecule has 2 aliphatic rings. The maximum absolute atomic E-state index is 13.7. The summed E-state index contributed by atoms with van der Waals surface area (Å²) in [6.07, 6.45) is 3.08. The molecule has 1 spiro atoms. The molecule has 2 heterocycles. The highest BCUT2D eigenvalue weighted by Gasteiger charge is 2.63. The van der Waals surface area contributed by atoms with Crippen molar-refractivity contribution < 1.29 is 18.7 Å². The molecule has 1 aliphatic heterocycles. The minimum atomic E-state index is -1.46. The number of nitrogen functional groups attached to an aromatic ring is 1. The standard InChI is InChI=1S/C21H19N3O4/c1-4-10-24-12(3)15(18(25)27-11-5-2)21(19(24)26)14-9-7-6-8-13(14)16-17(21)23-20(22)28-16/h4-9H,1-2,10-11H2,3H3,(H2,22,23)/t21-/m1/s1. The van der Waals surface area contributed by atoms with Gasteiger partial charge in [-0.15, -0.1) is 6.58 Å². The summed E-state index contributed by atoms with van der Waals surface area (Å²) < 4.78 is 10.9. The highest BCUT2D eigenvalue weighted by atomic mass is 16.5. The average molecular weight is 377 g/mol. The second-order valence-electron chi connectivity index (χ2n) is 6.58. The molecule has 2 aromatic rings. The van der Waals surface area contributed by atoms with Crippen LogP contribution >= 0.6 is 0 Å². The van der Waals surface area contributed by atoms with Crippen molar-refractivity contribution in [2.45, 2.75) is 12.3 Å². The monoisotopic (exact) mass is 377 g/mol. The van der Waals surface area contributed by atoms with E-state index in [0.717, 1.165) is 0 Å². The number of ether oxygens (including phenoxy) is 1. The predicted molar refractivity (Wildman–Crippen MR) is 103 cm³/mol. The van der Waals surface area contributed by atoms with E-state index in [-0.39, 0.29) is 30.6 Å². The van der Waals surface area contributed by atoms with Crippen molar-refractivity contribution in [3.8, 4) is 11.3 Å². The van der Waals surface area contributed by atoms with E-state index < -0.39 is 11.4 Å². The summed E-state index contributed by atoms with van der Waals surface area (Å²) in [5, 5.41) is 0. The highest BCUT2D eigenvalue weighted by Crippen LogP contribution is 2.57. The molecule has 142 valence electrons. The summed E-state index contributed by atoms with van der Waals surface area (Å²) in [4.78, 5) is 32.6. The first-order chi connectivity index (χ1) is 13.5. The fourth-order valence-electron chi connectivity index (χ4n) is 4.10. The van der Waals surface area contributed by atoms with Gasteiger partial charge in [0.1, 0.15) is 12.3 Å². The van der Waals surface area contributed by atoms with Gasteiger partial charge in [-0.25, -0.2) is 4.79 Å². The van der Waals surface area contributed by atoms with E-state index in [1.165, 1.54) is 11.0 Å². The molecule has 1 aromatic heterocycles. The SMILES string of the molecule is C=CCOC(=O)C1=C(C)N(CC=C)C(=O)[C@]12c1ccccc1-c1oc(N)nc12. The van der Waals surface area contributed by atoms with Gasteiger partial charge in [-0.3, -0.25) is 4.79 Å². The summed E-state index contributed by atoms with van der Waals surface area (Å²) in [5.74, 6) is -0.528. The van der Waals surface area contributed by atoms with Crippen LogP contribution in [0.2, 0.25) is 0 Å². The highest BCUT2D eigenvalue weighted by molar-refractivity contribution is 6.14. The molecule has 4 rings (SSSR count). The normalized spacial score (nSPS) is 19.8. The molecule has 0 bridgehead atoms. The van der Waals surface area contributed by atoms with Gasteiger partial charge in [-0.05, 0) is 12.5 Å². The zero-order valence-electron chi connectivity index (χ0n) is 15.4. The number of hydrogen-bond donors (Lipinski definition) is 1. The summed E-state index contributed by atoms with van der Waals surface area (Å²) in [6.45, 7) is 9.28. The number of hydrogen-bond acceptors (Lipinski definition) is 6. The molecule has 0 saturated heterocycles. The number of esters is 1. The first-order valence-electron chi connectivity index (χ1n) is 8.77. The van der Waals surface area contributed by atoms with E-state index in [1.54, 1.807) is 25.1 Å². The Morgan fingerprint density at radius 3 is 2.82 bits per heavy atom. The number of fused-ring (bicyclic) bond motifs is 5. The maximum atomic E-state index is 13.7. The Morgan fingerprint density at radius 1 is 1.36 bits per heavy atom. The topological polar surface area (TPSA) is 98.7 Å². The summed E-state index contributed by atoms with van der Waals surface area (Å²) in [7, 11) is 0. The molecule has 0 fully saturated rings. The van der Waals surface area contributed by atoms with Crippen molar-refractivity contribution in [1.82, 2.24) is 9.88 Å². The molecule has 0 radical (unpaired) electrons. The maximum Gasteiger partial charge on any atom is 0.337 e. The summed E-state index contributed by atoms with van der Waals surface area (Å²) >= 11 is 0. The Hall–Kier alpha value is -3.61. The third kappa shape index (κ3) is 2.07. The minimum absolute atomic E-state index is 0.0246. The van der Waals surface area contributed by atoms with Crippen LogP contribution in [-0.2, 0) is 19.7 Å². The first-order valence-corrected chi connectivity index (χ1v) is 8.77. The number of rotatable bonds is 5. The van der Waals surface area contributed by atoms with E-state index in [9.17, 15) is 9.59 Å². The number of nitrogens with two attached hydrogens (primary N) is 1. The molecule has 0 saturated carbocycles. The fraction of sp³-hybridized carbons (Fsp3) is 0.190. The molecule has 2 N–H and O–H groups in total. The lowest BCUT2D eigenvalue weighted by molar-refractivity contribution is -0.140. The number of nitrogens with zero attached hydrogens (tertiary/aromatic N) is 2. The van der Waals surface area contributed by atoms with Gasteiger partial charge >= 0.3 is 5.97 Å². The molecule has 1 aromatic carbocycles. The molecule has 7 heteroatoms. The average Bonchev–Trinajstić information content (AvgIpc) is 3.26. The number of aromatic nitrogens is 1. The number of anilines is 1. The number of oxazole rings is 1. The zero-order chi connectivity index (χ0) is 20.1. The third-order valence-corrected chi connectivity index (χ3v) is 5.13. The Bertz CT molecular complexity index is 1070. The zero-order valence-corrected chi connectivity index (χ0v) is 15.4. The molecule has 1 amide bonds. The number of carbonyl (C=O) groups is 2. The predicted octanol–water partition coefficient (Wildman–Crippen LogP) is 2.55. The number of carbonyl (C=O) groups excluding carboxylic acids is 2. The number of benzene rings is 1. The van der Waals surface area contributed by atoms with Gasteiger partial charge in [0.05, 0.1) is 5.57 Å². The van der Waals surface area contributed by atoms with Gasteiger partial charge < -0.3 is 19.8 Å². The van der Waals surface area contributed by atoms with Crippen molar-refractivity contribution in [1.29, 1.82) is 0 Å². The van der Waals surface area contributed by atoms with Crippen LogP contribution in [-0.4, -0.2) is 34.9 Å². The van der Waals surface area contributed by atoms with Crippen LogP contribution in [0.25, 0.3) is 11.3 Å². The largest absolute Gasteiger partial charge is 0.458 e. The van der Waals surface area contributed by atoms with Gasteiger partial charge in [0.15, 0.2) is 11.2 Å². The van der Waals surface area contributed by atoms with E-state index >= 15 is 0 Å². The van der Waals surface area contributed by atoms with Crippen molar-refractivity contribution in [2.24, 2.45) is 0 Å². The number of allylic oxidation sites excluding steroid dienone is 1. The van der Waals surface area contributed by atoms with Gasteiger partial charge in [0, 0.05) is 17.8 Å². The van der Waals surface area contributed by atoms with Crippen LogP contribution in [0, 0.1) is 0 Å². The Kier molecular flexibility index (Phi) is 3.96. The lowest BCUT2D eigenvalue weighted by Crippen LogP contribution is -2.42. The van der Waals surface area contributed by atoms with Crippen LogP contribution in [0.3, 0.4) is 0 Å². The van der Waals surface area contributed by atoms with Crippen molar-refractivity contribution in [3.05, 3.63) is 72.1 Å². The molecule has 28 heavy (non-hydrogen) atoms. The van der Waals surface area contributed by atoms with E-state index in [4.69, 9.17) is 14.9 Å². The lowest BCUT2D eigenvalue weighted by Gasteiger charge is -2.26. The van der Waals surface area contributed by atoms with Crippen LogP contribution in [0.15, 0.2) is 65.3 Å². The van der Waals surface area contributed by atoms with Crippen molar-refractivity contribution >= 4 is 17.9 Å². The van der Waals surface area contributed by atoms with E-state index in [0.29, 0.717) is 28.3 Å². The lowest BCUT2D eigenvalue weighted by atomic mass is 9.74. The molecule has 1 aliphatic carbocycles. The fourth-order valence-corrected chi connectivity index (χ4v) is 4.10. The Morgan fingerprint density at radius 2 is 2.11 bits per heavy atom. The Balaban J connectivity index is 2.05. The Labute approximate surface area is 161 Å². The third-order valence-electron chi connectivity index (χ3n) is 5.13. The first kappa shape index (κ1) is 17.8. The molecule has 1 atom stereocenters. The summed E-state index contributed by atoms with van der Waals surface area (Å²) in [6, 6.07) is 7.19. The van der Waals surface area contributed by atoms with Gasteiger partial charge in [-0.2, -0.15) is 4.98 Å². The smallest absolute Gasteiger partial charge is 0.337 e. The quantitative estimate of drug-likeness (QED) is 0.635. The van der Waals surface area contributed by atoms with Crippen LogP contribution in [0.1, 0.15) is 18.2 Å². The second kappa shape index (κ2) is 6.23. The van der Waals surface area contributed by atoms with Crippen LogP contribution in [0.4, 0.5) is 6.01 Å². The van der Waals surface area contributed by atoms with E-state index in [2.05, 4.69) is 18.1 Å². The number of amides is 1. The van der Waals surface area contributed by atoms with E-state index in [1.807, 2.05) is 12.1 Å².